The molecular formula is C25H24ClN3O4. The van der Waals surface area contributed by atoms with E-state index in [0.717, 1.165) is 17.2 Å². The van der Waals surface area contributed by atoms with Gasteiger partial charge < -0.3 is 10.6 Å². The van der Waals surface area contributed by atoms with Crippen LogP contribution in [-0.4, -0.2) is 22.8 Å². The molecule has 8 heteroatoms. The fraction of sp³-hybridized carbons (Fsp3) is 0.200. The van der Waals surface area contributed by atoms with Crippen molar-refractivity contribution in [3.05, 3.63) is 111 Å². The van der Waals surface area contributed by atoms with Crippen molar-refractivity contribution < 1.29 is 14.5 Å². The van der Waals surface area contributed by atoms with Crippen molar-refractivity contribution in [2.75, 3.05) is 0 Å². The highest BCUT2D eigenvalue weighted by Crippen LogP contribution is 2.24. The lowest BCUT2D eigenvalue weighted by molar-refractivity contribution is -0.384. The molecule has 7 nitrogen and oxygen atoms in total. The van der Waals surface area contributed by atoms with Crippen LogP contribution in [0.5, 0.6) is 0 Å². The largest absolute Gasteiger partial charge is 0.343 e. The van der Waals surface area contributed by atoms with Gasteiger partial charge in [0, 0.05) is 12.1 Å². The predicted molar refractivity (Wildman–Crippen MR) is 127 cm³/mol. The molecule has 2 N–H and O–H groups in total. The molecule has 2 amide bonds. The second kappa shape index (κ2) is 10.7. The maximum atomic E-state index is 13.3. The Labute approximate surface area is 196 Å². The molecular weight excluding hydrogens is 442 g/mol. The topological polar surface area (TPSA) is 101 Å². The van der Waals surface area contributed by atoms with Gasteiger partial charge in [0.2, 0.25) is 5.91 Å². The van der Waals surface area contributed by atoms with E-state index in [1.54, 1.807) is 13.8 Å². The Morgan fingerprint density at radius 3 is 1.91 bits per heavy atom. The highest BCUT2D eigenvalue weighted by Gasteiger charge is 2.28. The normalized spacial score (nSPS) is 11.8. The number of carbonyl (C=O) groups is 2. The summed E-state index contributed by atoms with van der Waals surface area (Å²) in [5, 5.41) is 16.9. The van der Waals surface area contributed by atoms with E-state index in [1.807, 2.05) is 60.7 Å². The molecule has 1 unspecified atom stereocenters. The summed E-state index contributed by atoms with van der Waals surface area (Å²) in [7, 11) is 0. The lowest BCUT2D eigenvalue weighted by Gasteiger charge is -2.26. The Balaban J connectivity index is 1.85. The monoisotopic (exact) mass is 465 g/mol. The Morgan fingerprint density at radius 2 is 1.42 bits per heavy atom. The summed E-state index contributed by atoms with van der Waals surface area (Å²) < 4.78 is 0. The van der Waals surface area contributed by atoms with Crippen LogP contribution in [0.2, 0.25) is 5.02 Å². The van der Waals surface area contributed by atoms with Crippen molar-refractivity contribution in [1.82, 2.24) is 10.6 Å². The van der Waals surface area contributed by atoms with Gasteiger partial charge in [0.1, 0.15) is 6.04 Å². The standard InChI is InChI=1S/C25H24ClN3O4/c1-16(2)22(27-24(30)20-15-19(29(32)33)13-14-21(20)26)25(31)28-23(17-9-5-3-6-10-17)18-11-7-4-8-12-18/h3-16,22-23H,1-2H3,(H,27,30)(H,28,31). The molecule has 0 saturated heterocycles. The SMILES string of the molecule is CC(C)C(NC(=O)c1cc([N+](=O)[O-])ccc1Cl)C(=O)NC(c1ccccc1)c1ccccc1. The molecule has 1 atom stereocenters. The molecule has 0 bridgehead atoms. The highest BCUT2D eigenvalue weighted by molar-refractivity contribution is 6.34. The van der Waals surface area contributed by atoms with E-state index >= 15 is 0 Å². The fourth-order valence-electron chi connectivity index (χ4n) is 3.44. The van der Waals surface area contributed by atoms with Crippen LogP contribution in [0.1, 0.15) is 41.4 Å². The molecule has 0 aliphatic rings. The van der Waals surface area contributed by atoms with Gasteiger partial charge in [-0.2, -0.15) is 0 Å². The van der Waals surface area contributed by atoms with E-state index in [9.17, 15) is 19.7 Å². The number of halogens is 1. The van der Waals surface area contributed by atoms with Gasteiger partial charge in [0.05, 0.1) is 21.6 Å². The summed E-state index contributed by atoms with van der Waals surface area (Å²) in [4.78, 5) is 36.7. The first-order valence-corrected chi connectivity index (χ1v) is 10.8. The molecule has 3 rings (SSSR count). The molecule has 0 fully saturated rings. The van der Waals surface area contributed by atoms with Crippen LogP contribution in [0.25, 0.3) is 0 Å². The van der Waals surface area contributed by atoms with E-state index < -0.39 is 22.9 Å². The van der Waals surface area contributed by atoms with Gasteiger partial charge in [-0.3, -0.25) is 19.7 Å². The summed E-state index contributed by atoms with van der Waals surface area (Å²) in [5.41, 5.74) is 1.47. The number of nitro benzene ring substituents is 1. The molecule has 0 aliphatic carbocycles. The summed E-state index contributed by atoms with van der Waals surface area (Å²) in [6.07, 6.45) is 0. The molecule has 3 aromatic rings. The minimum absolute atomic E-state index is 0.0625. The molecule has 0 radical (unpaired) electrons. The molecule has 170 valence electrons. The zero-order chi connectivity index (χ0) is 24.0. The van der Waals surface area contributed by atoms with Crippen LogP contribution < -0.4 is 10.6 Å². The number of nitro groups is 1. The van der Waals surface area contributed by atoms with Crippen LogP contribution in [0.15, 0.2) is 78.9 Å². The van der Waals surface area contributed by atoms with Crippen LogP contribution >= 0.6 is 11.6 Å². The minimum Gasteiger partial charge on any atom is -0.343 e. The third kappa shape index (κ3) is 5.96. The average molecular weight is 466 g/mol. The Bertz CT molecular complexity index is 1100. The number of hydrogen-bond acceptors (Lipinski definition) is 4. The second-order valence-corrected chi connectivity index (χ2v) is 8.29. The van der Waals surface area contributed by atoms with Crippen LogP contribution in [0.3, 0.4) is 0 Å². The lowest BCUT2D eigenvalue weighted by Crippen LogP contribution is -2.50. The van der Waals surface area contributed by atoms with E-state index in [2.05, 4.69) is 10.6 Å². The van der Waals surface area contributed by atoms with Crippen LogP contribution in [0, 0.1) is 16.0 Å². The Morgan fingerprint density at radius 1 is 0.879 bits per heavy atom. The number of nitrogens with one attached hydrogen (secondary N) is 2. The van der Waals surface area contributed by atoms with Crippen LogP contribution in [0.4, 0.5) is 5.69 Å². The average Bonchev–Trinajstić information content (AvgIpc) is 2.81. The highest BCUT2D eigenvalue weighted by atomic mass is 35.5. The molecule has 3 aromatic carbocycles. The van der Waals surface area contributed by atoms with Gasteiger partial charge in [-0.1, -0.05) is 86.1 Å². The molecule has 0 saturated carbocycles. The third-order valence-electron chi connectivity index (χ3n) is 5.19. The van der Waals surface area contributed by atoms with Gasteiger partial charge >= 0.3 is 0 Å². The van der Waals surface area contributed by atoms with Crippen molar-refractivity contribution >= 4 is 29.1 Å². The molecule has 0 aromatic heterocycles. The van der Waals surface area contributed by atoms with Crippen molar-refractivity contribution in [1.29, 1.82) is 0 Å². The van der Waals surface area contributed by atoms with E-state index in [1.165, 1.54) is 12.1 Å². The van der Waals surface area contributed by atoms with Gasteiger partial charge in [-0.05, 0) is 23.1 Å². The second-order valence-electron chi connectivity index (χ2n) is 7.88. The summed E-state index contributed by atoms with van der Waals surface area (Å²) in [6, 6.07) is 21.4. The summed E-state index contributed by atoms with van der Waals surface area (Å²) in [5.74, 6) is -1.29. The van der Waals surface area contributed by atoms with E-state index in [4.69, 9.17) is 11.6 Å². The smallest absolute Gasteiger partial charge is 0.270 e. The third-order valence-corrected chi connectivity index (χ3v) is 5.52. The van der Waals surface area contributed by atoms with Gasteiger partial charge in [-0.25, -0.2) is 0 Å². The number of amides is 2. The van der Waals surface area contributed by atoms with Gasteiger partial charge in [0.15, 0.2) is 0 Å². The van der Waals surface area contributed by atoms with Crippen molar-refractivity contribution in [2.24, 2.45) is 5.92 Å². The number of nitrogens with zero attached hydrogens (tertiary/aromatic N) is 1. The number of hydrogen-bond donors (Lipinski definition) is 2. The number of non-ortho nitro benzene ring substituents is 1. The zero-order valence-electron chi connectivity index (χ0n) is 18.2. The summed E-state index contributed by atoms with van der Waals surface area (Å²) >= 11 is 6.10. The minimum atomic E-state index is -0.886. The first kappa shape index (κ1) is 23.9. The number of benzene rings is 3. The van der Waals surface area contributed by atoms with Gasteiger partial charge in [0.25, 0.3) is 11.6 Å². The lowest BCUT2D eigenvalue weighted by atomic mass is 9.96. The number of carbonyl (C=O) groups excluding carboxylic acids is 2. The van der Waals surface area contributed by atoms with E-state index in [0.29, 0.717) is 0 Å². The van der Waals surface area contributed by atoms with Crippen molar-refractivity contribution in [3.8, 4) is 0 Å². The molecule has 33 heavy (non-hydrogen) atoms. The summed E-state index contributed by atoms with van der Waals surface area (Å²) in [6.45, 7) is 3.61. The number of rotatable bonds is 8. The van der Waals surface area contributed by atoms with Crippen molar-refractivity contribution in [2.45, 2.75) is 25.9 Å². The first-order valence-electron chi connectivity index (χ1n) is 10.4. The fourth-order valence-corrected chi connectivity index (χ4v) is 3.64. The quantitative estimate of drug-likeness (QED) is 0.364. The molecule has 0 spiro atoms. The maximum absolute atomic E-state index is 13.3. The molecule has 0 heterocycles. The molecule has 0 aliphatic heterocycles. The zero-order valence-corrected chi connectivity index (χ0v) is 19.0. The van der Waals surface area contributed by atoms with E-state index in [-0.39, 0.29) is 28.1 Å². The van der Waals surface area contributed by atoms with Gasteiger partial charge in [-0.15, -0.1) is 0 Å². The Kier molecular flexibility index (Phi) is 7.79. The Hall–Kier alpha value is -3.71. The van der Waals surface area contributed by atoms with Crippen LogP contribution in [-0.2, 0) is 4.79 Å². The first-order chi connectivity index (χ1) is 15.8. The predicted octanol–water partition coefficient (Wildman–Crippen LogP) is 4.91. The maximum Gasteiger partial charge on any atom is 0.270 e. The van der Waals surface area contributed by atoms with Crippen molar-refractivity contribution in [3.63, 3.8) is 0 Å².